The lowest BCUT2D eigenvalue weighted by molar-refractivity contribution is -0.274. The van der Waals surface area contributed by atoms with Crippen molar-refractivity contribution in [3.63, 3.8) is 0 Å². The molecule has 1 aromatic heterocycles. The first-order valence-electron chi connectivity index (χ1n) is 8.13. The number of rotatable bonds is 5. The molecule has 1 fully saturated rings. The summed E-state index contributed by atoms with van der Waals surface area (Å²) in [7, 11) is 0. The molecule has 1 amide bonds. The van der Waals surface area contributed by atoms with Crippen LogP contribution in [0.4, 0.5) is 19.0 Å². The molecular formula is C17H17F3N4O2. The quantitative estimate of drug-likeness (QED) is 0.881. The highest BCUT2D eigenvalue weighted by Gasteiger charge is 2.32. The molecule has 1 N–H and O–H groups in total. The van der Waals surface area contributed by atoms with Crippen LogP contribution in [0.25, 0.3) is 0 Å². The first-order chi connectivity index (χ1) is 12.4. The van der Waals surface area contributed by atoms with Crippen molar-refractivity contribution in [1.29, 1.82) is 0 Å². The number of amides is 1. The minimum absolute atomic E-state index is 0.0992. The number of aromatic nitrogens is 2. The van der Waals surface area contributed by atoms with Gasteiger partial charge in [-0.15, -0.1) is 23.4 Å². The summed E-state index contributed by atoms with van der Waals surface area (Å²) in [6.07, 6.45) is -2.59. The van der Waals surface area contributed by atoms with Crippen LogP contribution in [0, 0.1) is 0 Å². The number of anilines is 1. The maximum Gasteiger partial charge on any atom is 0.573 e. The molecule has 1 aliphatic heterocycles. The average molecular weight is 366 g/mol. The van der Waals surface area contributed by atoms with Crippen molar-refractivity contribution >= 4 is 11.7 Å². The first kappa shape index (κ1) is 18.0. The number of para-hydroxylation sites is 1. The van der Waals surface area contributed by atoms with Gasteiger partial charge in [-0.05, 0) is 31.0 Å². The number of alkyl halides is 3. The molecule has 0 atom stereocenters. The van der Waals surface area contributed by atoms with Crippen molar-refractivity contribution in [2.24, 2.45) is 0 Å². The molecule has 9 heteroatoms. The van der Waals surface area contributed by atoms with Crippen LogP contribution in [-0.4, -0.2) is 35.6 Å². The molecule has 6 nitrogen and oxygen atoms in total. The fraction of sp³-hybridized carbons (Fsp3) is 0.353. The van der Waals surface area contributed by atoms with E-state index in [1.807, 2.05) is 0 Å². The second-order valence-electron chi connectivity index (χ2n) is 5.81. The Bertz CT molecular complexity index is 759. The van der Waals surface area contributed by atoms with Gasteiger partial charge in [-0.2, -0.15) is 0 Å². The van der Waals surface area contributed by atoms with Crippen molar-refractivity contribution in [3.05, 3.63) is 47.7 Å². The largest absolute Gasteiger partial charge is 0.573 e. The van der Waals surface area contributed by atoms with Crippen LogP contribution in [0.1, 0.15) is 28.9 Å². The first-order valence-corrected chi connectivity index (χ1v) is 8.13. The third kappa shape index (κ3) is 4.62. The van der Waals surface area contributed by atoms with Crippen molar-refractivity contribution < 1.29 is 22.7 Å². The predicted octanol–water partition coefficient (Wildman–Crippen LogP) is 2.91. The third-order valence-corrected chi connectivity index (χ3v) is 3.95. The smallest absolute Gasteiger partial charge is 0.405 e. The summed E-state index contributed by atoms with van der Waals surface area (Å²) in [6.45, 7) is 1.70. The Labute approximate surface area is 148 Å². The fourth-order valence-electron chi connectivity index (χ4n) is 2.70. The predicted molar refractivity (Wildman–Crippen MR) is 87.8 cm³/mol. The number of hydrogen-bond donors (Lipinski definition) is 1. The van der Waals surface area contributed by atoms with Gasteiger partial charge >= 0.3 is 6.36 Å². The van der Waals surface area contributed by atoms with E-state index < -0.39 is 12.3 Å². The summed E-state index contributed by atoms with van der Waals surface area (Å²) in [5, 5.41) is 10.5. The Morgan fingerprint density at radius 3 is 2.50 bits per heavy atom. The van der Waals surface area contributed by atoms with Gasteiger partial charge in [0.2, 0.25) is 0 Å². The van der Waals surface area contributed by atoms with Crippen molar-refractivity contribution in [1.82, 2.24) is 15.5 Å². The van der Waals surface area contributed by atoms with Crippen molar-refractivity contribution in [2.45, 2.75) is 25.7 Å². The maximum absolute atomic E-state index is 12.4. The molecule has 26 heavy (non-hydrogen) atoms. The second kappa shape index (κ2) is 7.59. The number of carbonyl (C=O) groups is 1. The van der Waals surface area contributed by atoms with Gasteiger partial charge < -0.3 is 15.0 Å². The zero-order chi connectivity index (χ0) is 18.6. The standard InChI is InChI=1S/C17H17F3N4O2/c18-17(19,20)26-14-6-2-1-5-12(14)11-21-16(25)13-7-8-15(23-22-13)24-9-3-4-10-24/h1-2,5-8H,3-4,9-11H2,(H,21,25). The topological polar surface area (TPSA) is 67.3 Å². The number of hydrogen-bond acceptors (Lipinski definition) is 5. The molecule has 0 unspecified atom stereocenters. The summed E-state index contributed by atoms with van der Waals surface area (Å²) in [4.78, 5) is 14.2. The monoisotopic (exact) mass is 366 g/mol. The van der Waals surface area contributed by atoms with Crippen LogP contribution in [0.2, 0.25) is 0 Å². The lowest BCUT2D eigenvalue weighted by Crippen LogP contribution is -2.26. The number of nitrogens with zero attached hydrogens (tertiary/aromatic N) is 3. The number of nitrogens with one attached hydrogen (secondary N) is 1. The van der Waals surface area contributed by atoms with Crippen LogP contribution in [0.5, 0.6) is 5.75 Å². The van der Waals surface area contributed by atoms with Crippen LogP contribution < -0.4 is 15.0 Å². The molecule has 2 heterocycles. The minimum Gasteiger partial charge on any atom is -0.405 e. The van der Waals surface area contributed by atoms with E-state index in [1.165, 1.54) is 18.2 Å². The molecule has 138 valence electrons. The number of carbonyl (C=O) groups excluding carboxylic acids is 1. The third-order valence-electron chi connectivity index (χ3n) is 3.95. The highest BCUT2D eigenvalue weighted by atomic mass is 19.4. The Kier molecular flexibility index (Phi) is 5.24. The molecule has 3 rings (SSSR count). The van der Waals surface area contributed by atoms with Crippen LogP contribution in [-0.2, 0) is 6.54 Å². The maximum atomic E-state index is 12.4. The van der Waals surface area contributed by atoms with Crippen molar-refractivity contribution in [2.75, 3.05) is 18.0 Å². The van der Waals surface area contributed by atoms with E-state index in [9.17, 15) is 18.0 Å². The lowest BCUT2D eigenvalue weighted by Gasteiger charge is -2.15. The van der Waals surface area contributed by atoms with E-state index in [2.05, 4.69) is 25.2 Å². The van der Waals surface area contributed by atoms with Gasteiger partial charge in [-0.1, -0.05) is 18.2 Å². The van der Waals surface area contributed by atoms with Gasteiger partial charge in [0.1, 0.15) is 5.75 Å². The molecule has 1 aromatic carbocycles. The minimum atomic E-state index is -4.79. The molecule has 2 aromatic rings. The summed E-state index contributed by atoms with van der Waals surface area (Å²) in [5.41, 5.74) is 0.307. The zero-order valence-corrected chi connectivity index (χ0v) is 13.8. The highest BCUT2D eigenvalue weighted by Crippen LogP contribution is 2.26. The van der Waals surface area contributed by atoms with E-state index in [0.29, 0.717) is 5.82 Å². The van der Waals surface area contributed by atoms with E-state index >= 15 is 0 Å². The highest BCUT2D eigenvalue weighted by molar-refractivity contribution is 5.92. The Hall–Kier alpha value is -2.84. The van der Waals surface area contributed by atoms with Crippen molar-refractivity contribution in [3.8, 4) is 5.75 Å². The van der Waals surface area contributed by atoms with E-state index in [-0.39, 0.29) is 23.6 Å². The average Bonchev–Trinajstić information content (AvgIpc) is 3.14. The lowest BCUT2D eigenvalue weighted by atomic mass is 10.2. The molecule has 0 spiro atoms. The van der Waals surface area contributed by atoms with Gasteiger partial charge in [0.05, 0.1) is 0 Å². The van der Waals surface area contributed by atoms with Gasteiger partial charge in [0.25, 0.3) is 5.91 Å². The number of benzene rings is 1. The Balaban J connectivity index is 1.62. The molecule has 0 bridgehead atoms. The van der Waals surface area contributed by atoms with E-state index in [4.69, 9.17) is 0 Å². The summed E-state index contributed by atoms with van der Waals surface area (Å²) >= 11 is 0. The molecule has 0 radical (unpaired) electrons. The van der Waals surface area contributed by atoms with E-state index in [0.717, 1.165) is 25.9 Å². The van der Waals surface area contributed by atoms with Gasteiger partial charge in [-0.3, -0.25) is 4.79 Å². The van der Waals surface area contributed by atoms with Crippen LogP contribution >= 0.6 is 0 Å². The summed E-state index contributed by atoms with van der Waals surface area (Å²) in [6, 6.07) is 8.90. The molecule has 0 aliphatic carbocycles. The molecule has 1 saturated heterocycles. The molecule has 0 saturated carbocycles. The summed E-state index contributed by atoms with van der Waals surface area (Å²) < 4.78 is 41.2. The van der Waals surface area contributed by atoms with E-state index in [1.54, 1.807) is 18.2 Å². The molecule has 1 aliphatic rings. The van der Waals surface area contributed by atoms with Gasteiger partial charge in [-0.25, -0.2) is 0 Å². The molecular weight excluding hydrogens is 349 g/mol. The zero-order valence-electron chi connectivity index (χ0n) is 13.8. The second-order valence-corrected chi connectivity index (χ2v) is 5.81. The normalized spacial score (nSPS) is 14.3. The SMILES string of the molecule is O=C(NCc1ccccc1OC(F)(F)F)c1ccc(N2CCCC2)nn1. The number of halogens is 3. The van der Waals surface area contributed by atoms with Gasteiger partial charge in [0.15, 0.2) is 11.5 Å². The Morgan fingerprint density at radius 2 is 1.85 bits per heavy atom. The van der Waals surface area contributed by atoms with Crippen LogP contribution in [0.15, 0.2) is 36.4 Å². The fourth-order valence-corrected chi connectivity index (χ4v) is 2.70. The van der Waals surface area contributed by atoms with Gasteiger partial charge in [0, 0.05) is 25.2 Å². The summed E-state index contributed by atoms with van der Waals surface area (Å²) in [5.74, 6) is -0.161. The number of ether oxygens (including phenoxy) is 1. The van der Waals surface area contributed by atoms with Crippen LogP contribution in [0.3, 0.4) is 0 Å². The Morgan fingerprint density at radius 1 is 1.12 bits per heavy atom.